The van der Waals surface area contributed by atoms with Gasteiger partial charge in [-0.1, -0.05) is 24.3 Å². The third-order valence-electron chi connectivity index (χ3n) is 6.41. The van der Waals surface area contributed by atoms with Gasteiger partial charge < -0.3 is 14.4 Å². The molecule has 0 saturated carbocycles. The lowest BCUT2D eigenvalue weighted by Gasteiger charge is -2.35. The topological polar surface area (TPSA) is 42.0 Å². The number of hydrogen-bond acceptors (Lipinski definition) is 4. The number of carbonyl (C=O) groups excluding carboxylic acids is 1. The summed E-state index contributed by atoms with van der Waals surface area (Å²) in [5, 5.41) is 0. The average Bonchev–Trinajstić information content (AvgIpc) is 2.99. The van der Waals surface area contributed by atoms with Gasteiger partial charge in [-0.15, -0.1) is 0 Å². The van der Waals surface area contributed by atoms with E-state index in [9.17, 15) is 4.79 Å². The number of amides is 1. The van der Waals surface area contributed by atoms with Gasteiger partial charge in [0.15, 0.2) is 11.5 Å². The van der Waals surface area contributed by atoms with Gasteiger partial charge in [-0.25, -0.2) is 0 Å². The molecule has 1 amide bonds. The molecule has 5 heteroatoms. The van der Waals surface area contributed by atoms with Crippen LogP contribution in [0.1, 0.15) is 35.2 Å². The molecule has 0 aliphatic carbocycles. The molecule has 0 radical (unpaired) electrons. The molecule has 158 valence electrons. The first-order chi connectivity index (χ1) is 14.6. The summed E-state index contributed by atoms with van der Waals surface area (Å²) in [5.74, 6) is 1.51. The Kier molecular flexibility index (Phi) is 6.09. The predicted molar refractivity (Wildman–Crippen MR) is 118 cm³/mol. The Balaban J connectivity index is 1.58. The van der Waals surface area contributed by atoms with Crippen LogP contribution in [0.25, 0.3) is 0 Å². The van der Waals surface area contributed by atoms with E-state index in [1.165, 1.54) is 12.8 Å². The van der Waals surface area contributed by atoms with Crippen molar-refractivity contribution < 1.29 is 14.3 Å². The number of carbonyl (C=O) groups is 1. The number of nitrogens with zero attached hydrogens (tertiary/aromatic N) is 2. The summed E-state index contributed by atoms with van der Waals surface area (Å²) in [5.41, 5.74) is 3.02. The highest BCUT2D eigenvalue weighted by Crippen LogP contribution is 2.35. The molecule has 2 aliphatic heterocycles. The Hall–Kier alpha value is -2.79. The highest BCUT2D eigenvalue weighted by atomic mass is 16.5. The number of fused-ring (bicyclic) bond motifs is 2. The van der Waals surface area contributed by atoms with E-state index in [4.69, 9.17) is 9.47 Å². The van der Waals surface area contributed by atoms with E-state index in [-0.39, 0.29) is 5.91 Å². The van der Waals surface area contributed by atoms with E-state index in [0.29, 0.717) is 30.1 Å². The second-order valence-electron chi connectivity index (χ2n) is 8.09. The lowest BCUT2D eigenvalue weighted by molar-refractivity contribution is 0.0787. The minimum atomic E-state index is 0.0753. The SMILES string of the molecule is COc1ccc(CCN(C(=O)c2ccccc2)C2=C[C@H]3CC[C@H](C2)N3C)cc1OC. The van der Waals surface area contributed by atoms with Gasteiger partial charge in [0.25, 0.3) is 5.91 Å². The Morgan fingerprint density at radius 1 is 1.07 bits per heavy atom. The zero-order valence-corrected chi connectivity index (χ0v) is 18.0. The van der Waals surface area contributed by atoms with E-state index < -0.39 is 0 Å². The highest BCUT2D eigenvalue weighted by Gasteiger charge is 2.36. The quantitative estimate of drug-likeness (QED) is 0.693. The zero-order valence-electron chi connectivity index (χ0n) is 18.0. The van der Waals surface area contributed by atoms with Gasteiger partial charge in [-0.2, -0.15) is 0 Å². The molecule has 2 aromatic carbocycles. The standard InChI is InChI=1S/C25H30N2O3/c1-26-20-10-11-21(26)17-22(16-20)27(25(28)19-7-5-4-6-8-19)14-13-18-9-12-23(29-2)24(15-18)30-3/h4-9,12,15-16,20-21H,10-11,13-14,17H2,1-3H3/t20-,21-/m1/s1. The number of ether oxygens (including phenoxy) is 2. The van der Waals surface area contributed by atoms with Crippen LogP contribution in [0.5, 0.6) is 11.5 Å². The number of hydrogen-bond donors (Lipinski definition) is 0. The molecule has 1 fully saturated rings. The highest BCUT2D eigenvalue weighted by molar-refractivity contribution is 5.95. The summed E-state index contributed by atoms with van der Waals surface area (Å²) >= 11 is 0. The fourth-order valence-corrected chi connectivity index (χ4v) is 4.61. The Labute approximate surface area is 178 Å². The van der Waals surface area contributed by atoms with Crippen LogP contribution >= 0.6 is 0 Å². The summed E-state index contributed by atoms with van der Waals surface area (Å²) in [6.45, 7) is 0.637. The van der Waals surface area contributed by atoms with Crippen molar-refractivity contribution >= 4 is 5.91 Å². The summed E-state index contributed by atoms with van der Waals surface area (Å²) in [6.07, 6.45) is 6.36. The predicted octanol–water partition coefficient (Wildman–Crippen LogP) is 4.14. The monoisotopic (exact) mass is 406 g/mol. The molecule has 2 heterocycles. The summed E-state index contributed by atoms with van der Waals surface area (Å²) in [6, 6.07) is 16.5. The van der Waals surface area contributed by atoms with Crippen LogP contribution in [0.2, 0.25) is 0 Å². The molecule has 2 aliphatic rings. The van der Waals surface area contributed by atoms with Crippen LogP contribution in [0.15, 0.2) is 60.3 Å². The third-order valence-corrected chi connectivity index (χ3v) is 6.41. The summed E-state index contributed by atoms with van der Waals surface area (Å²) in [7, 11) is 5.48. The molecule has 2 bridgehead atoms. The van der Waals surface area contributed by atoms with Crippen LogP contribution in [0.4, 0.5) is 0 Å². The summed E-state index contributed by atoms with van der Waals surface area (Å²) < 4.78 is 10.8. The van der Waals surface area contributed by atoms with Gasteiger partial charge in [0, 0.05) is 36.3 Å². The minimum absolute atomic E-state index is 0.0753. The van der Waals surface area contributed by atoms with Crippen LogP contribution in [-0.4, -0.2) is 55.6 Å². The van der Waals surface area contributed by atoms with E-state index >= 15 is 0 Å². The van der Waals surface area contributed by atoms with Crippen LogP contribution in [-0.2, 0) is 6.42 Å². The normalized spacial score (nSPS) is 20.6. The molecule has 2 atom stereocenters. The molecule has 1 saturated heterocycles. The number of methoxy groups -OCH3 is 2. The average molecular weight is 407 g/mol. The van der Waals surface area contributed by atoms with Crippen molar-refractivity contribution in [3.63, 3.8) is 0 Å². The maximum atomic E-state index is 13.4. The molecule has 30 heavy (non-hydrogen) atoms. The molecule has 0 aromatic heterocycles. The van der Waals surface area contributed by atoms with Crippen LogP contribution < -0.4 is 9.47 Å². The Morgan fingerprint density at radius 2 is 1.83 bits per heavy atom. The van der Waals surface area contributed by atoms with Gasteiger partial charge in [-0.05, 0) is 62.2 Å². The van der Waals surface area contributed by atoms with Gasteiger partial charge in [0.1, 0.15) is 0 Å². The molecule has 4 rings (SSSR count). The lowest BCUT2D eigenvalue weighted by Crippen LogP contribution is -2.41. The molecule has 0 N–H and O–H groups in total. The van der Waals surface area contributed by atoms with Crippen LogP contribution in [0.3, 0.4) is 0 Å². The minimum Gasteiger partial charge on any atom is -0.493 e. The molecule has 0 unspecified atom stereocenters. The van der Waals surface area contributed by atoms with Crippen molar-refractivity contribution in [2.24, 2.45) is 0 Å². The molecule has 0 spiro atoms. The second kappa shape index (κ2) is 8.92. The Morgan fingerprint density at radius 3 is 2.53 bits per heavy atom. The van der Waals surface area contributed by atoms with Gasteiger partial charge >= 0.3 is 0 Å². The van der Waals surface area contributed by atoms with Crippen molar-refractivity contribution in [1.82, 2.24) is 9.80 Å². The maximum absolute atomic E-state index is 13.4. The van der Waals surface area contributed by atoms with Gasteiger partial charge in [0.05, 0.1) is 14.2 Å². The van der Waals surface area contributed by atoms with Crippen LogP contribution in [0, 0.1) is 0 Å². The molecule has 5 nitrogen and oxygen atoms in total. The third kappa shape index (κ3) is 4.08. The fourth-order valence-electron chi connectivity index (χ4n) is 4.61. The van der Waals surface area contributed by atoms with E-state index in [1.807, 2.05) is 53.4 Å². The fraction of sp³-hybridized carbons (Fsp3) is 0.400. The van der Waals surface area contributed by atoms with E-state index in [1.54, 1.807) is 14.2 Å². The number of rotatable bonds is 7. The van der Waals surface area contributed by atoms with Gasteiger partial charge in [0.2, 0.25) is 0 Å². The smallest absolute Gasteiger partial charge is 0.258 e. The molecule has 2 aromatic rings. The first-order valence-electron chi connectivity index (χ1n) is 10.6. The van der Waals surface area contributed by atoms with Crippen molar-refractivity contribution in [1.29, 1.82) is 0 Å². The first kappa shape index (κ1) is 20.5. The second-order valence-corrected chi connectivity index (χ2v) is 8.09. The van der Waals surface area contributed by atoms with Crippen molar-refractivity contribution in [3.8, 4) is 11.5 Å². The molecular formula is C25H30N2O3. The van der Waals surface area contributed by atoms with Crippen molar-refractivity contribution in [2.45, 2.75) is 37.8 Å². The van der Waals surface area contributed by atoms with E-state index in [0.717, 1.165) is 29.7 Å². The maximum Gasteiger partial charge on any atom is 0.258 e. The first-order valence-corrected chi connectivity index (χ1v) is 10.6. The summed E-state index contributed by atoms with van der Waals surface area (Å²) in [4.78, 5) is 17.9. The Bertz CT molecular complexity index is 925. The lowest BCUT2D eigenvalue weighted by atomic mass is 10.0. The number of likely N-dealkylation sites (N-methyl/N-ethyl adjacent to an activating group) is 1. The van der Waals surface area contributed by atoms with Gasteiger partial charge in [-0.3, -0.25) is 9.69 Å². The molecular weight excluding hydrogens is 376 g/mol. The van der Waals surface area contributed by atoms with Crippen molar-refractivity contribution in [3.05, 3.63) is 71.4 Å². The largest absolute Gasteiger partial charge is 0.493 e. The number of benzene rings is 2. The van der Waals surface area contributed by atoms with E-state index in [2.05, 4.69) is 18.0 Å². The zero-order chi connectivity index (χ0) is 21.1. The van der Waals surface area contributed by atoms with Crippen molar-refractivity contribution in [2.75, 3.05) is 27.8 Å².